The molecule has 1 unspecified atom stereocenters. The minimum atomic E-state index is 0.0185. The average molecular weight is 329 g/mol. The summed E-state index contributed by atoms with van der Waals surface area (Å²) < 4.78 is 0. The van der Waals surface area contributed by atoms with Gasteiger partial charge in [0.2, 0.25) is 0 Å². The molecule has 0 rings (SSSR count). The van der Waals surface area contributed by atoms with Gasteiger partial charge in [0.05, 0.1) is 6.04 Å². The first-order valence-corrected chi connectivity index (χ1v) is 8.26. The second kappa shape index (κ2) is 15.8. The Morgan fingerprint density at radius 3 is 1.65 bits per heavy atom. The maximum Gasteiger partial charge on any atom is 0.146 e. The van der Waals surface area contributed by atoms with E-state index < -0.39 is 0 Å². The summed E-state index contributed by atoms with van der Waals surface area (Å²) in [5, 5.41) is 9.01. The molecular weight excluding hydrogens is 294 g/mol. The lowest BCUT2D eigenvalue weighted by atomic mass is 10.1. The lowest BCUT2D eigenvalue weighted by molar-refractivity contribution is -0.120. The van der Waals surface area contributed by atoms with Crippen molar-refractivity contribution in [2.24, 2.45) is 0 Å². The zero-order valence-electron chi connectivity index (χ0n) is 15.6. The smallest absolute Gasteiger partial charge is 0.146 e. The molecule has 0 saturated heterocycles. The van der Waals surface area contributed by atoms with Gasteiger partial charge in [-0.2, -0.15) is 0 Å². The van der Waals surface area contributed by atoms with Gasteiger partial charge in [0.15, 0.2) is 0 Å². The zero-order chi connectivity index (χ0) is 18.3. The number of carbonyl (C=O) groups is 3. The fraction of sp³-hybridized carbons (Fsp3) is 0.824. The van der Waals surface area contributed by atoms with E-state index in [9.17, 15) is 14.4 Å². The molecule has 0 aliphatic carbocycles. The molecule has 0 aliphatic rings. The summed E-state index contributed by atoms with van der Waals surface area (Å²) in [6.07, 6.45) is 4.08. The molecule has 6 heteroatoms. The van der Waals surface area contributed by atoms with Crippen molar-refractivity contribution in [3.05, 3.63) is 0 Å². The molecule has 0 bridgehead atoms. The van der Waals surface area contributed by atoms with Crippen molar-refractivity contribution in [3.63, 3.8) is 0 Å². The number of Topliss-reactive ketones (excluding diaryl/α,β-unsaturated/α-hetero) is 3. The third-order valence-electron chi connectivity index (χ3n) is 3.48. The molecule has 1 atom stereocenters. The number of rotatable bonds is 12. The van der Waals surface area contributed by atoms with Crippen LogP contribution in [0.4, 0.5) is 0 Å². The lowest BCUT2D eigenvalue weighted by Gasteiger charge is -2.11. The number of carbonyl (C=O) groups excluding carboxylic acids is 3. The molecule has 0 radical (unpaired) electrons. The maximum atomic E-state index is 11.0. The molecule has 0 heterocycles. The summed E-state index contributed by atoms with van der Waals surface area (Å²) >= 11 is 0. The normalized spacial score (nSPS) is 11.6. The third kappa shape index (κ3) is 17.1. The van der Waals surface area contributed by atoms with Gasteiger partial charge in [-0.3, -0.25) is 14.4 Å². The Balaban J connectivity index is 0. The van der Waals surface area contributed by atoms with Gasteiger partial charge in [-0.1, -0.05) is 6.42 Å². The van der Waals surface area contributed by atoms with E-state index in [1.165, 1.54) is 13.8 Å². The highest BCUT2D eigenvalue weighted by molar-refractivity contribution is 5.81. The molecule has 0 spiro atoms. The van der Waals surface area contributed by atoms with E-state index >= 15 is 0 Å². The fourth-order valence-corrected chi connectivity index (χ4v) is 2.17. The Hall–Kier alpha value is -1.11. The first-order chi connectivity index (χ1) is 10.8. The quantitative estimate of drug-likeness (QED) is 0.465. The largest absolute Gasteiger partial charge is 0.320 e. The summed E-state index contributed by atoms with van der Waals surface area (Å²) in [6.45, 7) is 5.74. The minimum Gasteiger partial charge on any atom is -0.320 e. The molecule has 0 aromatic heterocycles. The first kappa shape index (κ1) is 24.1. The van der Waals surface area contributed by atoms with E-state index in [1.807, 2.05) is 14.1 Å². The van der Waals surface area contributed by atoms with E-state index in [0.717, 1.165) is 25.8 Å². The van der Waals surface area contributed by atoms with Crippen LogP contribution in [0.3, 0.4) is 0 Å². The predicted octanol–water partition coefficient (Wildman–Crippen LogP) is 1.09. The number of hydrogen-bond acceptors (Lipinski definition) is 6. The minimum absolute atomic E-state index is 0.0185. The monoisotopic (exact) mass is 329 g/mol. The van der Waals surface area contributed by atoms with Gasteiger partial charge in [-0.25, -0.2) is 0 Å². The van der Waals surface area contributed by atoms with Crippen LogP contribution in [0.1, 0.15) is 52.9 Å². The van der Waals surface area contributed by atoms with Crippen LogP contribution in [0.5, 0.6) is 0 Å². The summed E-state index contributed by atoms with van der Waals surface area (Å²) in [4.78, 5) is 32.2. The molecule has 136 valence electrons. The van der Waals surface area contributed by atoms with E-state index in [1.54, 1.807) is 14.0 Å². The van der Waals surface area contributed by atoms with Crippen LogP contribution >= 0.6 is 0 Å². The first-order valence-electron chi connectivity index (χ1n) is 8.26. The summed E-state index contributed by atoms with van der Waals surface area (Å²) in [7, 11) is 5.54. The van der Waals surface area contributed by atoms with Crippen LogP contribution in [0.2, 0.25) is 0 Å². The Bertz CT molecular complexity index is 330. The molecule has 0 fully saturated rings. The highest BCUT2D eigenvalue weighted by atomic mass is 16.1. The summed E-state index contributed by atoms with van der Waals surface area (Å²) in [5.41, 5.74) is 0. The van der Waals surface area contributed by atoms with Crippen molar-refractivity contribution >= 4 is 17.3 Å². The lowest BCUT2D eigenvalue weighted by Crippen LogP contribution is -2.32. The van der Waals surface area contributed by atoms with Crippen molar-refractivity contribution in [1.29, 1.82) is 0 Å². The van der Waals surface area contributed by atoms with Crippen LogP contribution in [-0.2, 0) is 14.4 Å². The molecule has 0 aliphatic heterocycles. The van der Waals surface area contributed by atoms with Crippen LogP contribution in [0.15, 0.2) is 0 Å². The Labute approximate surface area is 141 Å². The molecule has 0 aromatic carbocycles. The Morgan fingerprint density at radius 1 is 0.826 bits per heavy atom. The predicted molar refractivity (Wildman–Crippen MR) is 94.8 cm³/mol. The molecule has 6 nitrogen and oxygen atoms in total. The van der Waals surface area contributed by atoms with Crippen molar-refractivity contribution < 1.29 is 14.4 Å². The Morgan fingerprint density at radius 2 is 1.35 bits per heavy atom. The highest BCUT2D eigenvalue weighted by Gasteiger charge is 2.10. The van der Waals surface area contributed by atoms with Gasteiger partial charge in [0.25, 0.3) is 0 Å². The topological polar surface area (TPSA) is 87.3 Å². The van der Waals surface area contributed by atoms with E-state index in [4.69, 9.17) is 0 Å². The van der Waals surface area contributed by atoms with Gasteiger partial charge < -0.3 is 16.0 Å². The third-order valence-corrected chi connectivity index (χ3v) is 3.48. The van der Waals surface area contributed by atoms with Crippen LogP contribution < -0.4 is 16.0 Å². The fourth-order valence-electron chi connectivity index (χ4n) is 2.17. The summed E-state index contributed by atoms with van der Waals surface area (Å²) in [5.74, 6) is 0.471. The van der Waals surface area contributed by atoms with E-state index in [0.29, 0.717) is 12.8 Å². The van der Waals surface area contributed by atoms with E-state index in [2.05, 4.69) is 16.0 Å². The van der Waals surface area contributed by atoms with Crippen LogP contribution in [0, 0.1) is 0 Å². The molecule has 0 amide bonds. The van der Waals surface area contributed by atoms with Gasteiger partial charge >= 0.3 is 0 Å². The number of ketones is 3. The van der Waals surface area contributed by atoms with Crippen molar-refractivity contribution in [3.8, 4) is 0 Å². The number of unbranched alkanes of at least 4 members (excludes halogenated alkanes) is 1. The standard InChI is InChI=1S/C9H20N2O.C8H15NO2/c1-8(12)9(11-3)6-4-5-7-10-2;1-6(10)4-8(9-3)5-7(2)11/h9-11H,4-7H2,1-3H3;8-9H,4-5H2,1-3H3. The van der Waals surface area contributed by atoms with Gasteiger partial charge in [-0.15, -0.1) is 0 Å². The van der Waals surface area contributed by atoms with Crippen LogP contribution in [-0.4, -0.2) is 57.1 Å². The number of nitrogens with one attached hydrogen (secondary N) is 3. The summed E-state index contributed by atoms with van der Waals surface area (Å²) in [6, 6.07) is 0.0758. The molecule has 0 saturated carbocycles. The van der Waals surface area contributed by atoms with Crippen molar-refractivity contribution in [2.75, 3.05) is 27.7 Å². The second-order valence-electron chi connectivity index (χ2n) is 5.85. The van der Waals surface area contributed by atoms with E-state index in [-0.39, 0.29) is 29.4 Å². The zero-order valence-corrected chi connectivity index (χ0v) is 15.6. The van der Waals surface area contributed by atoms with Gasteiger partial charge in [0, 0.05) is 18.9 Å². The van der Waals surface area contributed by atoms with Gasteiger partial charge in [0.1, 0.15) is 17.3 Å². The molecule has 3 N–H and O–H groups in total. The Kier molecular flexibility index (Phi) is 16.6. The van der Waals surface area contributed by atoms with Crippen molar-refractivity contribution in [1.82, 2.24) is 16.0 Å². The second-order valence-corrected chi connectivity index (χ2v) is 5.85. The number of hydrogen-bond donors (Lipinski definition) is 3. The molecule has 23 heavy (non-hydrogen) atoms. The number of likely N-dealkylation sites (N-methyl/N-ethyl adjacent to an activating group) is 1. The highest BCUT2D eigenvalue weighted by Crippen LogP contribution is 2.00. The van der Waals surface area contributed by atoms with Gasteiger partial charge in [-0.05, 0) is 61.3 Å². The average Bonchev–Trinajstić information content (AvgIpc) is 2.46. The van der Waals surface area contributed by atoms with Crippen molar-refractivity contribution in [2.45, 2.75) is 65.0 Å². The SMILES string of the molecule is CNC(CC(C)=O)CC(C)=O.CNCCCCC(NC)C(C)=O. The maximum absolute atomic E-state index is 11.0. The molecule has 0 aromatic rings. The van der Waals surface area contributed by atoms with Crippen LogP contribution in [0.25, 0.3) is 0 Å². The molecular formula is C17H35N3O3.